The van der Waals surface area contributed by atoms with Crippen LogP contribution in [-0.4, -0.2) is 80.3 Å². The summed E-state index contributed by atoms with van der Waals surface area (Å²) in [5.74, 6) is 0.430. The van der Waals surface area contributed by atoms with Crippen LogP contribution in [0.4, 0.5) is 4.39 Å². The normalized spacial score (nSPS) is 16.2. The second kappa shape index (κ2) is 6.22. The number of halogens is 1. The van der Waals surface area contributed by atoms with E-state index in [1.165, 1.54) is 0 Å². The lowest BCUT2D eigenvalue weighted by Crippen LogP contribution is -2.49. The fraction of sp³-hybridized carbons (Fsp3) is 0.538. The second-order valence-corrected chi connectivity index (χ2v) is 5.28. The van der Waals surface area contributed by atoms with E-state index in [9.17, 15) is 9.18 Å². The number of carbonyl (C=O) groups excluding carboxylic acids is 1. The second-order valence-electron chi connectivity index (χ2n) is 5.28. The summed E-state index contributed by atoms with van der Waals surface area (Å²) in [5, 5.41) is 13.7. The van der Waals surface area contributed by atoms with Crippen LogP contribution < -0.4 is 0 Å². The molecule has 1 amide bonds. The smallest absolute Gasteiger partial charge is 0.270 e. The third-order valence-corrected chi connectivity index (χ3v) is 3.89. The van der Waals surface area contributed by atoms with Crippen molar-refractivity contribution in [3.05, 3.63) is 18.0 Å². The molecule has 2 aromatic heterocycles. The van der Waals surface area contributed by atoms with Gasteiger partial charge in [0, 0.05) is 51.5 Å². The van der Waals surface area contributed by atoms with Crippen LogP contribution in [0.1, 0.15) is 10.5 Å². The molecule has 118 valence electrons. The lowest BCUT2D eigenvalue weighted by atomic mass is 10.2. The summed E-state index contributed by atoms with van der Waals surface area (Å²) in [6.45, 7) is 2.73. The maximum Gasteiger partial charge on any atom is 0.270 e. The number of aryl methyl sites for hydroxylation is 1. The number of hydrogen-bond donors (Lipinski definition) is 1. The number of tetrazole rings is 1. The maximum atomic E-state index is 12.6. The Morgan fingerprint density at radius 2 is 2.14 bits per heavy atom. The fourth-order valence-electron chi connectivity index (χ4n) is 2.64. The molecular formula is C13H18FN7O. The van der Waals surface area contributed by atoms with Crippen LogP contribution in [-0.2, 0) is 7.05 Å². The van der Waals surface area contributed by atoms with Gasteiger partial charge in [0.15, 0.2) is 0 Å². The number of amides is 1. The molecule has 9 heteroatoms. The van der Waals surface area contributed by atoms with Gasteiger partial charge in [0.2, 0.25) is 5.82 Å². The summed E-state index contributed by atoms with van der Waals surface area (Å²) in [6.07, 6.45) is 1.80. The Balaban J connectivity index is 1.71. The lowest BCUT2D eigenvalue weighted by molar-refractivity contribution is 0.0621. The number of alkyl halides is 1. The van der Waals surface area contributed by atoms with Crippen LogP contribution >= 0.6 is 0 Å². The molecule has 1 aliphatic rings. The number of aromatic amines is 1. The lowest BCUT2D eigenvalue weighted by Gasteiger charge is -2.34. The highest BCUT2D eigenvalue weighted by Gasteiger charge is 2.24. The first-order valence-corrected chi connectivity index (χ1v) is 7.17. The molecule has 0 unspecified atom stereocenters. The Bertz CT molecular complexity index is 631. The summed E-state index contributed by atoms with van der Waals surface area (Å²) in [6, 6.07) is 1.77. The van der Waals surface area contributed by atoms with E-state index in [-0.39, 0.29) is 12.6 Å². The minimum Gasteiger partial charge on any atom is -0.346 e. The summed E-state index contributed by atoms with van der Waals surface area (Å²) in [4.78, 5) is 16.4. The van der Waals surface area contributed by atoms with E-state index < -0.39 is 0 Å². The van der Waals surface area contributed by atoms with Crippen molar-refractivity contribution in [2.75, 3.05) is 39.4 Å². The molecule has 0 radical (unpaired) electrons. The number of H-pyrrole nitrogens is 1. The number of nitrogens with zero attached hydrogens (tertiary/aromatic N) is 6. The van der Waals surface area contributed by atoms with Crippen LogP contribution in [0.2, 0.25) is 0 Å². The Morgan fingerprint density at radius 1 is 1.36 bits per heavy atom. The zero-order chi connectivity index (χ0) is 15.5. The van der Waals surface area contributed by atoms with Gasteiger partial charge < -0.3 is 9.47 Å². The molecule has 1 aliphatic heterocycles. The van der Waals surface area contributed by atoms with Gasteiger partial charge in [-0.3, -0.25) is 9.69 Å². The molecule has 0 aromatic carbocycles. The number of hydrogen-bond acceptors (Lipinski definition) is 5. The Labute approximate surface area is 126 Å². The standard InChI is InChI=1S/C13H18FN7O/c1-19-9-10(12-15-17-18-16-12)8-11(19)13(22)21-6-4-20(3-2-14)5-7-21/h8-9H,2-7H2,1H3,(H,15,16,17,18). The minimum atomic E-state index is -0.347. The Hall–Kier alpha value is -2.29. The van der Waals surface area contributed by atoms with Crippen LogP contribution in [0.3, 0.4) is 0 Å². The number of piperazine rings is 1. The molecule has 2 aromatic rings. The van der Waals surface area contributed by atoms with Crippen molar-refractivity contribution in [2.24, 2.45) is 7.05 Å². The number of rotatable bonds is 4. The summed E-state index contributed by atoms with van der Waals surface area (Å²) < 4.78 is 14.1. The molecule has 0 atom stereocenters. The van der Waals surface area contributed by atoms with Crippen LogP contribution in [0.5, 0.6) is 0 Å². The molecule has 1 N–H and O–H groups in total. The molecule has 0 aliphatic carbocycles. The predicted octanol–water partition coefficient (Wildman–Crippen LogP) is -0.0675. The van der Waals surface area contributed by atoms with E-state index >= 15 is 0 Å². The van der Waals surface area contributed by atoms with Gasteiger partial charge in [-0.2, -0.15) is 5.21 Å². The van der Waals surface area contributed by atoms with Crippen LogP contribution in [0, 0.1) is 0 Å². The molecule has 3 rings (SSSR count). The van der Waals surface area contributed by atoms with Crippen LogP contribution in [0.25, 0.3) is 11.4 Å². The third kappa shape index (κ3) is 2.84. The van der Waals surface area contributed by atoms with Crippen molar-refractivity contribution >= 4 is 5.91 Å². The van der Waals surface area contributed by atoms with Crippen molar-refractivity contribution in [1.82, 2.24) is 35.0 Å². The highest BCUT2D eigenvalue weighted by atomic mass is 19.1. The van der Waals surface area contributed by atoms with Crippen molar-refractivity contribution in [2.45, 2.75) is 0 Å². The van der Waals surface area contributed by atoms with E-state index in [1.54, 1.807) is 21.7 Å². The summed E-state index contributed by atoms with van der Waals surface area (Å²) in [5.41, 5.74) is 1.33. The molecule has 1 saturated heterocycles. The number of nitrogens with one attached hydrogen (secondary N) is 1. The quantitative estimate of drug-likeness (QED) is 0.855. The topological polar surface area (TPSA) is 82.9 Å². The van der Waals surface area contributed by atoms with E-state index in [4.69, 9.17) is 0 Å². The third-order valence-electron chi connectivity index (χ3n) is 3.89. The van der Waals surface area contributed by atoms with Gasteiger partial charge in [0.1, 0.15) is 12.4 Å². The molecule has 8 nitrogen and oxygen atoms in total. The van der Waals surface area contributed by atoms with Crippen molar-refractivity contribution < 1.29 is 9.18 Å². The zero-order valence-electron chi connectivity index (χ0n) is 12.4. The molecule has 1 fully saturated rings. The van der Waals surface area contributed by atoms with E-state index in [0.29, 0.717) is 44.2 Å². The highest BCUT2D eigenvalue weighted by Crippen LogP contribution is 2.18. The van der Waals surface area contributed by atoms with Crippen molar-refractivity contribution in [3.63, 3.8) is 0 Å². The zero-order valence-corrected chi connectivity index (χ0v) is 12.4. The van der Waals surface area contributed by atoms with E-state index in [0.717, 1.165) is 5.56 Å². The van der Waals surface area contributed by atoms with Gasteiger partial charge in [-0.05, 0) is 11.3 Å². The average molecular weight is 307 g/mol. The van der Waals surface area contributed by atoms with Gasteiger partial charge in [-0.25, -0.2) is 4.39 Å². The Kier molecular flexibility index (Phi) is 4.14. The molecule has 0 saturated carbocycles. The van der Waals surface area contributed by atoms with Gasteiger partial charge in [-0.15, -0.1) is 10.2 Å². The summed E-state index contributed by atoms with van der Waals surface area (Å²) in [7, 11) is 1.82. The largest absolute Gasteiger partial charge is 0.346 e. The van der Waals surface area contributed by atoms with E-state index in [1.807, 2.05) is 11.9 Å². The highest BCUT2D eigenvalue weighted by molar-refractivity contribution is 5.94. The van der Waals surface area contributed by atoms with Gasteiger partial charge in [0.25, 0.3) is 5.91 Å². The molecule has 0 spiro atoms. The average Bonchev–Trinajstić information content (AvgIpc) is 3.17. The van der Waals surface area contributed by atoms with Gasteiger partial charge in [-0.1, -0.05) is 0 Å². The first kappa shape index (κ1) is 14.6. The fourth-order valence-corrected chi connectivity index (χ4v) is 2.64. The molecule has 3 heterocycles. The summed E-state index contributed by atoms with van der Waals surface area (Å²) >= 11 is 0. The van der Waals surface area contributed by atoms with Crippen molar-refractivity contribution in [3.8, 4) is 11.4 Å². The first-order chi connectivity index (χ1) is 10.7. The molecule has 0 bridgehead atoms. The first-order valence-electron chi connectivity index (χ1n) is 7.17. The Morgan fingerprint density at radius 3 is 2.77 bits per heavy atom. The maximum absolute atomic E-state index is 12.6. The number of carbonyl (C=O) groups is 1. The number of aromatic nitrogens is 5. The van der Waals surface area contributed by atoms with Crippen LogP contribution in [0.15, 0.2) is 12.3 Å². The van der Waals surface area contributed by atoms with E-state index in [2.05, 4.69) is 20.6 Å². The predicted molar refractivity (Wildman–Crippen MR) is 76.9 cm³/mol. The van der Waals surface area contributed by atoms with Crippen molar-refractivity contribution in [1.29, 1.82) is 0 Å². The SMILES string of the molecule is Cn1cc(-c2nn[nH]n2)cc1C(=O)N1CCN(CCF)CC1. The van der Waals surface area contributed by atoms with Gasteiger partial charge >= 0.3 is 0 Å². The van der Waals surface area contributed by atoms with Gasteiger partial charge in [0.05, 0.1) is 0 Å². The minimum absolute atomic E-state index is 0.0304. The monoisotopic (exact) mass is 307 g/mol. The molecular weight excluding hydrogens is 289 g/mol. The molecule has 22 heavy (non-hydrogen) atoms.